The van der Waals surface area contributed by atoms with Gasteiger partial charge in [0.1, 0.15) is 34.8 Å². The third-order valence-corrected chi connectivity index (χ3v) is 13.5. The molecule has 0 spiro atoms. The van der Waals surface area contributed by atoms with E-state index < -0.39 is 44.7 Å². The summed E-state index contributed by atoms with van der Waals surface area (Å²) in [5, 5.41) is 12.2. The van der Waals surface area contributed by atoms with Gasteiger partial charge in [0.25, 0.3) is 0 Å². The zero-order valence-corrected chi connectivity index (χ0v) is 45.4. The first kappa shape index (κ1) is 66.2. The molecule has 4 aromatic rings. The maximum absolute atomic E-state index is 13.7. The standard InChI is InChI=1S/C22H30FN6O6P.C17H20FN5O2.C5H10NO4P.CH2Cl2.CH4/c1-4-34-36(32,35-5-2)28-22(31)29-10-8-15(9-11-29)26-21-25-13-17(20(24)27-21)19(30)16-12-14(23)6-7-18(16)33-3;1-25-14-3-2-10(18)8-12(14)15(24)13-9-21-17(23-16(13)19)22-11-4-6-20-7-5-11;1-3-9-11(8,6-5-7)10-4-2;2-1-3;/h6-7,12-13,15H,4-5,8-11H2,1-3H3,(H,28,31,32)(H3,24,25,26,27);2-3,8-9,11,20H,4-7H2,1H3,(H3,19,21,22,23);3-4H2,1-2H3;1H2;1H4. The van der Waals surface area contributed by atoms with Gasteiger partial charge in [0.15, 0.2) is 0 Å². The number of nitrogen functional groups attached to an aromatic ring is 2. The first-order valence-electron chi connectivity index (χ1n) is 23.2. The summed E-state index contributed by atoms with van der Waals surface area (Å²) in [4.78, 5) is 66.0. The molecule has 2 aromatic carbocycles. The maximum Gasteiger partial charge on any atom is 0.464 e. The van der Waals surface area contributed by atoms with E-state index in [4.69, 9.17) is 53.2 Å². The minimum absolute atomic E-state index is 0. The van der Waals surface area contributed by atoms with Gasteiger partial charge in [0, 0.05) is 37.6 Å². The molecule has 4 heterocycles. The van der Waals surface area contributed by atoms with Crippen LogP contribution >= 0.6 is 38.7 Å². The number of nitrogens with two attached hydrogens (primary N) is 2. The minimum atomic E-state index is -3.71. The smallest absolute Gasteiger partial charge is 0.464 e. The van der Waals surface area contributed by atoms with E-state index in [1.54, 1.807) is 27.7 Å². The van der Waals surface area contributed by atoms with Crippen molar-refractivity contribution in [3.8, 4) is 11.5 Å². The molecule has 0 unspecified atom stereocenters. The quantitative estimate of drug-likeness (QED) is 0.0159. The van der Waals surface area contributed by atoms with Crippen LogP contribution < -0.4 is 42.0 Å². The largest absolute Gasteiger partial charge is 0.496 e. The molecule has 2 fully saturated rings. The Morgan fingerprint density at radius 2 is 1.14 bits per heavy atom. The lowest BCUT2D eigenvalue weighted by Gasteiger charge is -2.33. The summed E-state index contributed by atoms with van der Waals surface area (Å²) in [5.74, 6) is -1.12. The van der Waals surface area contributed by atoms with Crippen molar-refractivity contribution in [2.45, 2.75) is 72.9 Å². The Kier molecular flexibility index (Phi) is 29.6. The number of halogens is 4. The van der Waals surface area contributed by atoms with Gasteiger partial charge in [-0.05, 0) is 103 Å². The summed E-state index contributed by atoms with van der Waals surface area (Å²) in [6.45, 7) is 9.84. The van der Waals surface area contributed by atoms with E-state index >= 15 is 0 Å². The molecule has 0 bridgehead atoms. The topological polar surface area (TPSA) is 325 Å². The highest BCUT2D eigenvalue weighted by Gasteiger charge is 2.32. The molecule has 0 aliphatic carbocycles. The van der Waals surface area contributed by atoms with Crippen molar-refractivity contribution in [1.29, 1.82) is 0 Å². The average molecular weight is 1150 g/mol. The van der Waals surface area contributed by atoms with Crippen molar-refractivity contribution in [3.63, 3.8) is 0 Å². The molecule has 2 aliphatic heterocycles. The third kappa shape index (κ3) is 20.9. The molecule has 2 aliphatic rings. The number of nitrogens with one attached hydrogen (secondary N) is 4. The second kappa shape index (κ2) is 34.0. The number of nitrogens with zero attached hydrogens (tertiary/aromatic N) is 6. The molecule has 0 atom stereocenters. The summed E-state index contributed by atoms with van der Waals surface area (Å²) in [7, 11) is -4.44. The van der Waals surface area contributed by atoms with Gasteiger partial charge < -0.3 is 41.8 Å². The molecule has 8 N–H and O–H groups in total. The number of likely N-dealkylation sites (tertiary alicyclic amines) is 1. The second-order valence-corrected chi connectivity index (χ2v) is 19.4. The fourth-order valence-electron chi connectivity index (χ4n) is 6.94. The Balaban J connectivity index is 0.000000426. The number of aromatic nitrogens is 4. The van der Waals surface area contributed by atoms with Crippen LogP contribution in [0.4, 0.5) is 37.1 Å². The van der Waals surface area contributed by atoms with Gasteiger partial charge >= 0.3 is 21.5 Å². The van der Waals surface area contributed by atoms with Crippen molar-refractivity contribution < 1.29 is 64.7 Å². The summed E-state index contributed by atoms with van der Waals surface area (Å²) in [5.41, 5.74) is 12.2. The van der Waals surface area contributed by atoms with Crippen molar-refractivity contribution in [2.24, 2.45) is 4.76 Å². The number of urea groups is 1. The van der Waals surface area contributed by atoms with Crippen LogP contribution in [0.25, 0.3) is 0 Å². The molecule has 420 valence electrons. The lowest BCUT2D eigenvalue weighted by Crippen LogP contribution is -2.46. The second-order valence-electron chi connectivity index (χ2n) is 15.3. The Morgan fingerprint density at radius 1 is 0.737 bits per heavy atom. The third-order valence-electron chi connectivity index (χ3n) is 10.3. The van der Waals surface area contributed by atoms with Crippen LogP contribution in [-0.2, 0) is 32.0 Å². The number of anilines is 4. The lowest BCUT2D eigenvalue weighted by molar-refractivity contribution is 0.102. The van der Waals surface area contributed by atoms with E-state index in [0.29, 0.717) is 31.9 Å². The highest BCUT2D eigenvalue weighted by Crippen LogP contribution is 2.49. The number of piperidine rings is 2. The van der Waals surface area contributed by atoms with Crippen LogP contribution in [0.15, 0.2) is 53.6 Å². The Labute approximate surface area is 450 Å². The minimum Gasteiger partial charge on any atom is -0.496 e. The van der Waals surface area contributed by atoms with Crippen molar-refractivity contribution >= 4 is 85.9 Å². The number of ketones is 2. The fourth-order valence-corrected chi connectivity index (χ4v) is 9.15. The number of methoxy groups -OCH3 is 2. The number of isocyanates is 1. The number of carbonyl (C=O) groups excluding carboxylic acids is 4. The van der Waals surface area contributed by atoms with Gasteiger partial charge in [-0.15, -0.1) is 23.2 Å². The number of rotatable bonds is 20. The van der Waals surface area contributed by atoms with E-state index in [1.807, 2.05) is 0 Å². The zero-order chi connectivity index (χ0) is 55.6. The lowest BCUT2D eigenvalue weighted by atomic mass is 10.0. The van der Waals surface area contributed by atoms with Crippen molar-refractivity contribution in [2.75, 3.05) is 94.3 Å². The van der Waals surface area contributed by atoms with Gasteiger partial charge in [0.05, 0.1) is 68.2 Å². The average Bonchev–Trinajstić information content (AvgIpc) is 3.37. The molecule has 0 saturated carbocycles. The molecule has 6 rings (SSSR count). The molecular weight excluding hydrogens is 1080 g/mol. The first-order chi connectivity index (χ1) is 35.9. The summed E-state index contributed by atoms with van der Waals surface area (Å²) in [6, 6.07) is 7.01. The SMILES string of the molecule is C.CCOP(=O)(N=C=O)OCC.CCOP(=O)(NC(=O)N1CCC(Nc2ncc(C(=O)c3cc(F)ccc3OC)c(N)n2)CC1)OCC.COc1ccc(F)cc1C(=O)c1cnc(NC2CCNCC2)nc1N.ClCCl. The monoisotopic (exact) mass is 1150 g/mol. The summed E-state index contributed by atoms with van der Waals surface area (Å²) < 4.78 is 83.5. The van der Waals surface area contributed by atoms with E-state index in [-0.39, 0.29) is 103 Å². The van der Waals surface area contributed by atoms with Crippen LogP contribution in [0.1, 0.15) is 92.6 Å². The van der Waals surface area contributed by atoms with E-state index in [9.17, 15) is 37.1 Å². The number of ether oxygens (including phenoxy) is 2. The molecule has 2 aromatic heterocycles. The molecule has 30 heteroatoms. The molecule has 76 heavy (non-hydrogen) atoms. The molecule has 24 nitrogen and oxygen atoms in total. The van der Waals surface area contributed by atoms with Gasteiger partial charge in [-0.2, -0.15) is 9.97 Å². The highest BCUT2D eigenvalue weighted by molar-refractivity contribution is 7.52. The predicted octanol–water partition coefficient (Wildman–Crippen LogP) is 8.37. The van der Waals surface area contributed by atoms with E-state index in [2.05, 4.69) is 54.8 Å². The zero-order valence-electron chi connectivity index (χ0n) is 42.1. The van der Waals surface area contributed by atoms with E-state index in [1.165, 1.54) is 55.8 Å². The Bertz CT molecular complexity index is 2630. The first-order valence-corrected chi connectivity index (χ1v) is 27.3. The van der Waals surface area contributed by atoms with Crippen molar-refractivity contribution in [3.05, 3.63) is 82.7 Å². The van der Waals surface area contributed by atoms with Crippen LogP contribution in [0.5, 0.6) is 11.5 Å². The number of amides is 2. The number of alkyl halides is 2. The van der Waals surface area contributed by atoms with Gasteiger partial charge in [-0.1, -0.05) is 12.2 Å². The molecule has 2 saturated heterocycles. The number of hydrogen-bond donors (Lipinski definition) is 6. The van der Waals surface area contributed by atoms with Crippen LogP contribution in [0.3, 0.4) is 0 Å². The summed E-state index contributed by atoms with van der Waals surface area (Å²) >= 11 is 9.53. The van der Waals surface area contributed by atoms with Crippen LogP contribution in [-0.4, -0.2) is 133 Å². The van der Waals surface area contributed by atoms with E-state index in [0.717, 1.165) is 44.1 Å². The van der Waals surface area contributed by atoms with Gasteiger partial charge in [-0.3, -0.25) is 27.7 Å². The van der Waals surface area contributed by atoms with Crippen molar-refractivity contribution in [1.82, 2.24) is 35.2 Å². The Morgan fingerprint density at radius 3 is 1.51 bits per heavy atom. The number of carbonyl (C=O) groups is 3. The van der Waals surface area contributed by atoms with Gasteiger partial charge in [-0.25, -0.2) is 42.6 Å². The number of hydrogen-bond acceptors (Lipinski definition) is 21. The molecule has 2 amide bonds. The highest BCUT2D eigenvalue weighted by atomic mass is 35.5. The fraction of sp³-hybridized carbons (Fsp3) is 0.478. The molecule has 0 radical (unpaired) electrons. The van der Waals surface area contributed by atoms with Crippen LogP contribution in [0, 0.1) is 11.6 Å². The summed E-state index contributed by atoms with van der Waals surface area (Å²) in [6.07, 6.45) is 6.82. The Hall–Kier alpha value is -5.91. The van der Waals surface area contributed by atoms with Crippen LogP contribution in [0.2, 0.25) is 0 Å². The predicted molar refractivity (Wildman–Crippen MR) is 285 cm³/mol. The van der Waals surface area contributed by atoms with Gasteiger partial charge in [0.2, 0.25) is 29.5 Å². The normalized spacial score (nSPS) is 13.5. The maximum atomic E-state index is 13.7. The molecular formula is C46H66Cl2F2N12O12P2. The number of benzene rings is 2.